The summed E-state index contributed by atoms with van der Waals surface area (Å²) in [7, 11) is 0. The maximum Gasteiger partial charge on any atom is 0.256 e. The van der Waals surface area contributed by atoms with Crippen LogP contribution in [0.15, 0.2) is 60.7 Å². The Bertz CT molecular complexity index is 848. The van der Waals surface area contributed by atoms with E-state index in [1.165, 1.54) is 0 Å². The molecular weight excluding hydrogens is 324 g/mol. The van der Waals surface area contributed by atoms with Gasteiger partial charge in [0, 0.05) is 5.56 Å². The van der Waals surface area contributed by atoms with Gasteiger partial charge in [-0.15, -0.1) is 10.2 Å². The summed E-state index contributed by atoms with van der Waals surface area (Å²) in [5, 5.41) is 14.4. The molecule has 1 aromatic heterocycles. The van der Waals surface area contributed by atoms with E-state index < -0.39 is 0 Å². The summed E-state index contributed by atoms with van der Waals surface area (Å²) in [6, 6.07) is 18.1. The molecule has 0 aliphatic heterocycles. The molecule has 0 aliphatic rings. The van der Waals surface area contributed by atoms with Gasteiger partial charge in [0.1, 0.15) is 0 Å². The molecule has 5 nitrogen and oxygen atoms in total. The number of carbonyl (C=O) groups excluding carboxylic acids is 1. The van der Waals surface area contributed by atoms with E-state index in [9.17, 15) is 4.79 Å². The lowest BCUT2D eigenvalue weighted by Crippen LogP contribution is -2.13. The number of hydrogen-bond acceptors (Lipinski definition) is 4. The van der Waals surface area contributed by atoms with Gasteiger partial charge in [0.2, 0.25) is 0 Å². The first-order valence-electron chi connectivity index (χ1n) is 7.35. The van der Waals surface area contributed by atoms with Crippen molar-refractivity contribution in [1.29, 1.82) is 0 Å². The quantitative estimate of drug-likeness (QED) is 0.738. The summed E-state index contributed by atoms with van der Waals surface area (Å²) in [5.74, 6) is 0.692. The molecule has 120 valence electrons. The topological polar surface area (TPSA) is 66.9 Å². The van der Waals surface area contributed by atoms with Crippen molar-refractivity contribution in [2.45, 2.75) is 6.92 Å². The van der Waals surface area contributed by atoms with Crippen LogP contribution in [0.1, 0.15) is 15.9 Å². The number of carbonyl (C=O) groups is 1. The second kappa shape index (κ2) is 7.10. The Balaban J connectivity index is 1.67. The average molecular weight is 339 g/mol. The SMILES string of the molecule is Cc1ccc(C(=O)Nc2ccc(Nc3ccccc3Cl)nn2)cc1. The van der Waals surface area contributed by atoms with Gasteiger partial charge >= 0.3 is 0 Å². The third-order valence-electron chi connectivity index (χ3n) is 3.36. The number of anilines is 3. The highest BCUT2D eigenvalue weighted by Gasteiger charge is 2.07. The van der Waals surface area contributed by atoms with E-state index in [1.807, 2.05) is 37.3 Å². The number of aromatic nitrogens is 2. The van der Waals surface area contributed by atoms with E-state index in [-0.39, 0.29) is 5.91 Å². The van der Waals surface area contributed by atoms with Crippen molar-refractivity contribution >= 4 is 34.8 Å². The molecule has 0 atom stereocenters. The normalized spacial score (nSPS) is 10.2. The van der Waals surface area contributed by atoms with Gasteiger partial charge in [-0.05, 0) is 43.3 Å². The molecule has 0 radical (unpaired) electrons. The van der Waals surface area contributed by atoms with Crippen LogP contribution >= 0.6 is 11.6 Å². The first-order valence-corrected chi connectivity index (χ1v) is 7.73. The van der Waals surface area contributed by atoms with Crippen LogP contribution in [0.5, 0.6) is 0 Å². The smallest absolute Gasteiger partial charge is 0.256 e. The molecule has 0 saturated heterocycles. The summed E-state index contributed by atoms with van der Waals surface area (Å²) < 4.78 is 0. The predicted molar refractivity (Wildman–Crippen MR) is 95.9 cm³/mol. The Morgan fingerprint density at radius 3 is 2.25 bits per heavy atom. The first kappa shape index (κ1) is 16.0. The lowest BCUT2D eigenvalue weighted by atomic mass is 10.1. The first-order chi connectivity index (χ1) is 11.6. The maximum atomic E-state index is 12.1. The van der Waals surface area contributed by atoms with Crippen LogP contribution in [0.2, 0.25) is 5.02 Å². The molecule has 3 aromatic rings. The minimum Gasteiger partial charge on any atom is -0.338 e. The van der Waals surface area contributed by atoms with Crippen LogP contribution in [0, 0.1) is 6.92 Å². The van der Waals surface area contributed by atoms with Crippen LogP contribution in [0.25, 0.3) is 0 Å². The third-order valence-corrected chi connectivity index (χ3v) is 3.69. The van der Waals surface area contributed by atoms with Gasteiger partial charge in [0.15, 0.2) is 11.6 Å². The molecule has 1 amide bonds. The second-order valence-corrected chi connectivity index (χ2v) is 5.64. The summed E-state index contributed by atoms with van der Waals surface area (Å²) in [4.78, 5) is 12.1. The zero-order valence-corrected chi connectivity index (χ0v) is 13.7. The van der Waals surface area contributed by atoms with Gasteiger partial charge in [0.25, 0.3) is 5.91 Å². The molecule has 0 aliphatic carbocycles. The molecule has 0 fully saturated rings. The Morgan fingerprint density at radius 2 is 1.58 bits per heavy atom. The van der Waals surface area contributed by atoms with E-state index in [4.69, 9.17) is 11.6 Å². The highest BCUT2D eigenvalue weighted by atomic mass is 35.5. The van der Waals surface area contributed by atoms with Crippen molar-refractivity contribution in [1.82, 2.24) is 10.2 Å². The van der Waals surface area contributed by atoms with Crippen LogP contribution in [-0.2, 0) is 0 Å². The largest absolute Gasteiger partial charge is 0.338 e. The summed E-state index contributed by atoms with van der Waals surface area (Å²) in [6.07, 6.45) is 0. The fourth-order valence-electron chi connectivity index (χ4n) is 2.06. The Labute approximate surface area is 144 Å². The van der Waals surface area contributed by atoms with Gasteiger partial charge in [0.05, 0.1) is 10.7 Å². The van der Waals surface area contributed by atoms with Gasteiger partial charge in [-0.3, -0.25) is 4.79 Å². The zero-order chi connectivity index (χ0) is 16.9. The Hall–Kier alpha value is -2.92. The van der Waals surface area contributed by atoms with Crippen molar-refractivity contribution in [2.75, 3.05) is 10.6 Å². The van der Waals surface area contributed by atoms with Crippen molar-refractivity contribution in [3.05, 3.63) is 76.8 Å². The molecule has 0 bridgehead atoms. The van der Waals surface area contributed by atoms with Gasteiger partial charge < -0.3 is 10.6 Å². The molecule has 0 unspecified atom stereocenters. The monoisotopic (exact) mass is 338 g/mol. The number of aryl methyl sites for hydroxylation is 1. The van der Waals surface area contributed by atoms with E-state index in [0.717, 1.165) is 11.3 Å². The Kier molecular flexibility index (Phi) is 4.72. The number of hydrogen-bond donors (Lipinski definition) is 2. The average Bonchev–Trinajstić information content (AvgIpc) is 2.59. The Morgan fingerprint density at radius 1 is 0.917 bits per heavy atom. The standard InChI is InChI=1S/C18H15ClN4O/c1-12-6-8-13(9-7-12)18(24)21-17-11-10-16(22-23-17)20-15-5-3-2-4-14(15)19/h2-11H,1H3,(H,20,22)(H,21,23,24). The van der Waals surface area contributed by atoms with Crippen molar-refractivity contribution < 1.29 is 4.79 Å². The van der Waals surface area contributed by atoms with Crippen LogP contribution in [0.4, 0.5) is 17.3 Å². The highest BCUT2D eigenvalue weighted by molar-refractivity contribution is 6.33. The maximum absolute atomic E-state index is 12.1. The number of halogens is 1. The van der Waals surface area contributed by atoms with E-state index in [2.05, 4.69) is 20.8 Å². The minimum absolute atomic E-state index is 0.226. The molecule has 2 N–H and O–H groups in total. The lowest BCUT2D eigenvalue weighted by molar-refractivity contribution is 0.102. The molecule has 24 heavy (non-hydrogen) atoms. The molecular formula is C18H15ClN4O. The number of nitrogens with zero attached hydrogens (tertiary/aromatic N) is 2. The van der Waals surface area contributed by atoms with Crippen molar-refractivity contribution in [3.8, 4) is 0 Å². The van der Waals surface area contributed by atoms with Gasteiger partial charge in [-0.2, -0.15) is 0 Å². The molecule has 6 heteroatoms. The fourth-order valence-corrected chi connectivity index (χ4v) is 2.24. The highest BCUT2D eigenvalue weighted by Crippen LogP contribution is 2.23. The third kappa shape index (κ3) is 3.88. The van der Waals surface area contributed by atoms with Crippen molar-refractivity contribution in [2.24, 2.45) is 0 Å². The number of benzene rings is 2. The molecule has 0 saturated carbocycles. The minimum atomic E-state index is -0.226. The number of nitrogens with one attached hydrogen (secondary N) is 2. The number of rotatable bonds is 4. The van der Waals surface area contributed by atoms with Crippen LogP contribution in [0.3, 0.4) is 0 Å². The van der Waals surface area contributed by atoms with E-state index >= 15 is 0 Å². The van der Waals surface area contributed by atoms with Gasteiger partial charge in [-0.25, -0.2) is 0 Å². The molecule has 0 spiro atoms. The van der Waals surface area contributed by atoms with Crippen LogP contribution in [-0.4, -0.2) is 16.1 Å². The van der Waals surface area contributed by atoms with Crippen molar-refractivity contribution in [3.63, 3.8) is 0 Å². The number of amides is 1. The van der Waals surface area contributed by atoms with E-state index in [0.29, 0.717) is 22.2 Å². The summed E-state index contributed by atoms with van der Waals surface area (Å²) in [6.45, 7) is 1.97. The zero-order valence-electron chi connectivity index (χ0n) is 13.0. The van der Waals surface area contributed by atoms with Gasteiger partial charge in [-0.1, -0.05) is 41.4 Å². The molecule has 3 rings (SSSR count). The fraction of sp³-hybridized carbons (Fsp3) is 0.0556. The molecule has 2 aromatic carbocycles. The van der Waals surface area contributed by atoms with Crippen LogP contribution < -0.4 is 10.6 Å². The number of para-hydroxylation sites is 1. The van der Waals surface area contributed by atoms with E-state index in [1.54, 1.807) is 30.3 Å². The lowest BCUT2D eigenvalue weighted by Gasteiger charge is -2.08. The predicted octanol–water partition coefficient (Wildman–Crippen LogP) is 4.43. The summed E-state index contributed by atoms with van der Waals surface area (Å²) in [5.41, 5.74) is 2.41. The molecule has 1 heterocycles. The summed E-state index contributed by atoms with van der Waals surface area (Å²) >= 11 is 6.09. The second-order valence-electron chi connectivity index (χ2n) is 5.23.